The number of halogens is 1. The van der Waals surface area contributed by atoms with Crippen molar-refractivity contribution in [1.29, 1.82) is 0 Å². The first-order valence-corrected chi connectivity index (χ1v) is 10.9. The van der Waals surface area contributed by atoms with Crippen LogP contribution in [0.5, 0.6) is 0 Å². The van der Waals surface area contributed by atoms with Gasteiger partial charge >= 0.3 is 0 Å². The highest BCUT2D eigenvalue weighted by molar-refractivity contribution is 9.10. The average Bonchev–Trinajstić information content (AvgIpc) is 3.01. The molecule has 1 saturated heterocycles. The molecule has 1 N–H and O–H groups in total. The van der Waals surface area contributed by atoms with Gasteiger partial charge in [0, 0.05) is 35.3 Å². The molecule has 0 aliphatic carbocycles. The van der Waals surface area contributed by atoms with Gasteiger partial charge in [0.05, 0.1) is 22.6 Å². The number of carbonyl (C=O) groups is 2. The highest BCUT2D eigenvalue weighted by Gasteiger charge is 2.46. The lowest BCUT2D eigenvalue weighted by Crippen LogP contribution is -2.31. The predicted molar refractivity (Wildman–Crippen MR) is 122 cm³/mol. The molecule has 0 bridgehead atoms. The van der Waals surface area contributed by atoms with Crippen LogP contribution in [0.2, 0.25) is 0 Å². The minimum absolute atomic E-state index is 0.0235. The Balaban J connectivity index is 2.07. The van der Waals surface area contributed by atoms with Crippen LogP contribution in [0.3, 0.4) is 0 Å². The molecule has 0 unspecified atom stereocenters. The molecular weight excluding hydrogens is 480 g/mol. The molecule has 0 spiro atoms. The fraction of sp³-hybridized carbons (Fsp3) is 0.304. The van der Waals surface area contributed by atoms with Gasteiger partial charge in [0.15, 0.2) is 0 Å². The van der Waals surface area contributed by atoms with Crippen molar-refractivity contribution in [2.24, 2.45) is 0 Å². The number of ether oxygens (including phenoxy) is 1. The fourth-order valence-corrected chi connectivity index (χ4v) is 3.85. The van der Waals surface area contributed by atoms with Gasteiger partial charge < -0.3 is 14.7 Å². The number of hydrogen-bond donors (Lipinski definition) is 1. The van der Waals surface area contributed by atoms with Crippen molar-refractivity contribution < 1.29 is 24.4 Å². The number of Topliss-reactive ketones (excluding diaryl/α,β-unsaturated/α-hetero) is 1. The van der Waals surface area contributed by atoms with Crippen LogP contribution < -0.4 is 0 Å². The summed E-state index contributed by atoms with van der Waals surface area (Å²) >= 11 is 3.32. The van der Waals surface area contributed by atoms with E-state index in [9.17, 15) is 24.8 Å². The van der Waals surface area contributed by atoms with E-state index in [2.05, 4.69) is 15.9 Å². The first kappa shape index (κ1) is 23.6. The second kappa shape index (κ2) is 10.1. The molecule has 2 aromatic carbocycles. The molecule has 9 heteroatoms. The first-order valence-electron chi connectivity index (χ1n) is 10.1. The number of nitrogens with zero attached hydrogens (tertiary/aromatic N) is 2. The van der Waals surface area contributed by atoms with Gasteiger partial charge in [-0.15, -0.1) is 0 Å². The van der Waals surface area contributed by atoms with Gasteiger partial charge in [0.1, 0.15) is 5.76 Å². The molecule has 0 saturated carbocycles. The highest BCUT2D eigenvalue weighted by atomic mass is 79.9. The number of aliphatic hydroxyl groups excluding tert-OH is 1. The van der Waals surface area contributed by atoms with Crippen LogP contribution in [0, 0.1) is 10.1 Å². The van der Waals surface area contributed by atoms with E-state index in [4.69, 9.17) is 4.74 Å². The number of rotatable bonds is 8. The van der Waals surface area contributed by atoms with Crippen LogP contribution in [0.1, 0.15) is 37.4 Å². The third-order valence-electron chi connectivity index (χ3n) is 5.05. The second-order valence-corrected chi connectivity index (χ2v) is 8.54. The Labute approximate surface area is 193 Å². The summed E-state index contributed by atoms with van der Waals surface area (Å²) in [6, 6.07) is 11.5. The van der Waals surface area contributed by atoms with E-state index in [1.807, 2.05) is 13.8 Å². The summed E-state index contributed by atoms with van der Waals surface area (Å²) in [4.78, 5) is 37.9. The Hall–Kier alpha value is -3.04. The van der Waals surface area contributed by atoms with Gasteiger partial charge in [-0.3, -0.25) is 19.7 Å². The van der Waals surface area contributed by atoms with Crippen molar-refractivity contribution in [1.82, 2.24) is 4.90 Å². The zero-order valence-corrected chi connectivity index (χ0v) is 19.2. The number of ketones is 1. The third kappa shape index (κ3) is 5.05. The van der Waals surface area contributed by atoms with E-state index in [1.165, 1.54) is 23.1 Å². The molecule has 8 nitrogen and oxygen atoms in total. The van der Waals surface area contributed by atoms with E-state index in [0.717, 1.165) is 4.47 Å². The predicted octanol–water partition coefficient (Wildman–Crippen LogP) is 4.59. The van der Waals surface area contributed by atoms with Gasteiger partial charge in [-0.25, -0.2) is 0 Å². The number of nitro benzene ring substituents is 1. The Bertz CT molecular complexity index is 1060. The average molecular weight is 503 g/mol. The van der Waals surface area contributed by atoms with Crippen molar-refractivity contribution in [3.05, 3.63) is 79.8 Å². The number of amides is 1. The van der Waals surface area contributed by atoms with Crippen molar-refractivity contribution in [3.8, 4) is 0 Å². The maximum atomic E-state index is 13.0. The molecule has 32 heavy (non-hydrogen) atoms. The maximum Gasteiger partial charge on any atom is 0.295 e. The number of likely N-dealkylation sites (tertiary alicyclic amines) is 1. The largest absolute Gasteiger partial charge is 0.507 e. The zero-order chi connectivity index (χ0) is 23.4. The molecule has 1 atom stereocenters. The summed E-state index contributed by atoms with van der Waals surface area (Å²) in [5.74, 6) is -1.91. The lowest BCUT2D eigenvalue weighted by Gasteiger charge is -2.25. The first-order chi connectivity index (χ1) is 15.2. The highest BCUT2D eigenvalue weighted by Crippen LogP contribution is 2.40. The van der Waals surface area contributed by atoms with Crippen molar-refractivity contribution >= 4 is 39.1 Å². The van der Waals surface area contributed by atoms with Crippen LogP contribution in [0.4, 0.5) is 5.69 Å². The molecule has 1 aliphatic heterocycles. The molecule has 168 valence electrons. The number of aliphatic hydroxyl groups is 1. The molecule has 1 heterocycles. The molecule has 0 radical (unpaired) electrons. The van der Waals surface area contributed by atoms with Gasteiger partial charge in [-0.1, -0.05) is 40.2 Å². The normalized spacial score (nSPS) is 17.9. The Morgan fingerprint density at radius 1 is 1.22 bits per heavy atom. The zero-order valence-electron chi connectivity index (χ0n) is 17.7. The van der Waals surface area contributed by atoms with Crippen LogP contribution in [0.15, 0.2) is 58.6 Å². The number of carbonyl (C=O) groups excluding carboxylic acids is 2. The van der Waals surface area contributed by atoms with Gasteiger partial charge in [0.2, 0.25) is 0 Å². The van der Waals surface area contributed by atoms with Crippen LogP contribution in [-0.4, -0.2) is 45.9 Å². The SMILES string of the molecule is CC(C)OCCCN1C(=O)C(=O)C(=C(O)c2ccc(Br)cc2)[C@H]1c1cccc([N+](=O)[O-])c1. The molecule has 2 aromatic rings. The number of benzene rings is 2. The van der Waals surface area contributed by atoms with E-state index >= 15 is 0 Å². The van der Waals surface area contributed by atoms with Crippen molar-refractivity contribution in [2.75, 3.05) is 13.2 Å². The standard InChI is InChI=1S/C23H23BrN2O6/c1-14(2)32-12-4-11-25-20(16-5-3-6-18(13-16)26(30)31)19(22(28)23(25)29)21(27)15-7-9-17(24)10-8-15/h3,5-10,13-14,20,27H,4,11-12H2,1-2H3/t20-/m1/s1. The van der Waals surface area contributed by atoms with Crippen LogP contribution in [-0.2, 0) is 14.3 Å². The second-order valence-electron chi connectivity index (χ2n) is 7.62. The Kier molecular flexibility index (Phi) is 7.42. The lowest BCUT2D eigenvalue weighted by molar-refractivity contribution is -0.384. The summed E-state index contributed by atoms with van der Waals surface area (Å²) in [5, 5.41) is 22.3. The van der Waals surface area contributed by atoms with Gasteiger partial charge in [-0.05, 0) is 38.0 Å². The fourth-order valence-electron chi connectivity index (χ4n) is 3.58. The molecule has 1 amide bonds. The smallest absolute Gasteiger partial charge is 0.295 e. The molecule has 0 aromatic heterocycles. The summed E-state index contributed by atoms with van der Waals surface area (Å²) in [5.41, 5.74) is 0.481. The number of non-ortho nitro benzene ring substituents is 1. The summed E-state index contributed by atoms with van der Waals surface area (Å²) < 4.78 is 6.32. The molecule has 3 rings (SSSR count). The van der Waals surface area contributed by atoms with Crippen molar-refractivity contribution in [3.63, 3.8) is 0 Å². The van der Waals surface area contributed by atoms with E-state index < -0.39 is 22.7 Å². The topological polar surface area (TPSA) is 110 Å². The summed E-state index contributed by atoms with van der Waals surface area (Å²) in [7, 11) is 0. The molecular formula is C23H23BrN2O6. The van der Waals surface area contributed by atoms with E-state index in [1.54, 1.807) is 30.3 Å². The van der Waals surface area contributed by atoms with Gasteiger partial charge in [-0.2, -0.15) is 0 Å². The monoisotopic (exact) mass is 502 g/mol. The minimum atomic E-state index is -0.947. The summed E-state index contributed by atoms with van der Waals surface area (Å²) in [6.45, 7) is 4.37. The molecule has 1 aliphatic rings. The molecule has 1 fully saturated rings. The van der Waals surface area contributed by atoms with Crippen LogP contribution in [0.25, 0.3) is 5.76 Å². The van der Waals surface area contributed by atoms with Crippen LogP contribution >= 0.6 is 15.9 Å². The number of hydrogen-bond acceptors (Lipinski definition) is 6. The van der Waals surface area contributed by atoms with Gasteiger partial charge in [0.25, 0.3) is 17.4 Å². The minimum Gasteiger partial charge on any atom is -0.507 e. The lowest BCUT2D eigenvalue weighted by atomic mass is 9.95. The maximum absolute atomic E-state index is 13.0. The summed E-state index contributed by atoms with van der Waals surface area (Å²) in [6.07, 6.45) is 0.491. The van der Waals surface area contributed by atoms with E-state index in [0.29, 0.717) is 24.2 Å². The Morgan fingerprint density at radius 2 is 1.91 bits per heavy atom. The third-order valence-corrected chi connectivity index (χ3v) is 5.58. The number of nitro groups is 1. The quantitative estimate of drug-likeness (QED) is 0.141. The van der Waals surface area contributed by atoms with Crippen molar-refractivity contribution in [2.45, 2.75) is 32.4 Å². The van der Waals surface area contributed by atoms with E-state index in [-0.39, 0.29) is 29.7 Å². The Morgan fingerprint density at radius 3 is 2.53 bits per heavy atom.